The van der Waals surface area contributed by atoms with E-state index in [1.807, 2.05) is 35.9 Å². The van der Waals surface area contributed by atoms with Crippen molar-refractivity contribution in [1.29, 1.82) is 0 Å². The van der Waals surface area contributed by atoms with E-state index in [4.69, 9.17) is 0 Å². The largest absolute Gasteiger partial charge is 0.369 e. The molecule has 1 aliphatic heterocycles. The first-order valence-corrected chi connectivity index (χ1v) is 11.7. The molecule has 0 aliphatic carbocycles. The first kappa shape index (κ1) is 24.6. The number of nitrogens with zero attached hydrogens (tertiary/aromatic N) is 5. The Morgan fingerprint density at radius 2 is 1.94 bits per heavy atom. The van der Waals surface area contributed by atoms with Gasteiger partial charge in [0.25, 0.3) is 5.91 Å². The summed E-state index contributed by atoms with van der Waals surface area (Å²) in [5.41, 5.74) is 3.47. The van der Waals surface area contributed by atoms with E-state index in [2.05, 4.69) is 61.9 Å². The second kappa shape index (κ2) is 10.8. The molecular formula is C26H30ClN7O. The molecule has 182 valence electrons. The highest BCUT2D eigenvalue weighted by Gasteiger charge is 2.15. The standard InChI is InChI=1S/C26H29N7O.ClH/c1-18(12-25-31-29-17-32(25)2)19-4-3-5-22(13-19)30-26(34)24-15-21-14-23(7-6-20(21)16-28-24)33-10-8-27-9-11-33;/h3-7,13-18,27H,8-12H2,1-2H3,(H,30,34);1H/t18-;/m1./s1. The lowest BCUT2D eigenvalue weighted by Crippen LogP contribution is -2.43. The van der Waals surface area contributed by atoms with Crippen molar-refractivity contribution in [3.05, 3.63) is 78.1 Å². The van der Waals surface area contributed by atoms with Gasteiger partial charge in [-0.15, -0.1) is 22.6 Å². The molecule has 2 N–H and O–H groups in total. The minimum absolute atomic E-state index is 0. The van der Waals surface area contributed by atoms with Crippen LogP contribution in [0.4, 0.5) is 11.4 Å². The van der Waals surface area contributed by atoms with Gasteiger partial charge in [-0.2, -0.15) is 0 Å². The van der Waals surface area contributed by atoms with Crippen molar-refractivity contribution < 1.29 is 4.79 Å². The van der Waals surface area contributed by atoms with E-state index in [0.717, 1.165) is 60.4 Å². The van der Waals surface area contributed by atoms with Crippen molar-refractivity contribution in [2.75, 3.05) is 36.4 Å². The summed E-state index contributed by atoms with van der Waals surface area (Å²) in [6.45, 7) is 6.08. The first-order chi connectivity index (χ1) is 16.6. The smallest absolute Gasteiger partial charge is 0.274 e. The molecule has 1 atom stereocenters. The normalized spacial score (nSPS) is 14.4. The number of amides is 1. The Kier molecular flexibility index (Phi) is 7.63. The predicted octanol–water partition coefficient (Wildman–Crippen LogP) is 3.79. The number of nitrogens with one attached hydrogen (secondary N) is 2. The van der Waals surface area contributed by atoms with E-state index in [1.165, 1.54) is 5.69 Å². The number of rotatable bonds is 6. The fraction of sp³-hybridized carbons (Fsp3) is 0.308. The number of hydrogen-bond acceptors (Lipinski definition) is 6. The predicted molar refractivity (Wildman–Crippen MR) is 142 cm³/mol. The molecule has 5 rings (SSSR count). The monoisotopic (exact) mass is 491 g/mol. The number of anilines is 2. The molecule has 35 heavy (non-hydrogen) atoms. The maximum absolute atomic E-state index is 13.0. The summed E-state index contributed by atoms with van der Waals surface area (Å²) in [5.74, 6) is 0.956. The van der Waals surface area contributed by atoms with Crippen LogP contribution in [0.1, 0.15) is 34.7 Å². The molecule has 1 saturated heterocycles. The van der Waals surface area contributed by atoms with Crippen LogP contribution in [0, 0.1) is 0 Å². The maximum Gasteiger partial charge on any atom is 0.274 e. The molecule has 0 saturated carbocycles. The SMILES string of the molecule is C[C@H](Cc1nncn1C)c1cccc(NC(=O)c2cc3cc(N4CCNCC4)ccc3cn2)c1.Cl. The van der Waals surface area contributed by atoms with Gasteiger partial charge in [0.1, 0.15) is 17.8 Å². The van der Waals surface area contributed by atoms with Crippen LogP contribution in [0.15, 0.2) is 61.1 Å². The van der Waals surface area contributed by atoms with Crippen molar-refractivity contribution in [1.82, 2.24) is 25.1 Å². The molecule has 3 heterocycles. The Morgan fingerprint density at radius 1 is 1.11 bits per heavy atom. The van der Waals surface area contributed by atoms with Gasteiger partial charge in [0.2, 0.25) is 0 Å². The molecule has 0 unspecified atom stereocenters. The Balaban J connectivity index is 0.00000289. The van der Waals surface area contributed by atoms with Gasteiger partial charge in [-0.05, 0) is 47.2 Å². The molecule has 1 fully saturated rings. The number of hydrogen-bond donors (Lipinski definition) is 2. The van der Waals surface area contributed by atoms with E-state index in [0.29, 0.717) is 5.69 Å². The maximum atomic E-state index is 13.0. The summed E-state index contributed by atoms with van der Waals surface area (Å²) in [6.07, 6.45) is 4.25. The lowest BCUT2D eigenvalue weighted by atomic mass is 9.97. The molecule has 9 heteroatoms. The summed E-state index contributed by atoms with van der Waals surface area (Å²) >= 11 is 0. The van der Waals surface area contributed by atoms with E-state index < -0.39 is 0 Å². The zero-order valence-electron chi connectivity index (χ0n) is 19.9. The van der Waals surface area contributed by atoms with E-state index in [-0.39, 0.29) is 24.2 Å². The highest BCUT2D eigenvalue weighted by molar-refractivity contribution is 6.05. The lowest BCUT2D eigenvalue weighted by Gasteiger charge is -2.29. The molecule has 0 bridgehead atoms. The number of halogens is 1. The van der Waals surface area contributed by atoms with Crippen LogP contribution >= 0.6 is 12.4 Å². The zero-order valence-corrected chi connectivity index (χ0v) is 20.8. The van der Waals surface area contributed by atoms with Gasteiger partial charge in [0, 0.05) is 62.6 Å². The van der Waals surface area contributed by atoms with Crippen LogP contribution in [-0.2, 0) is 13.5 Å². The third-order valence-electron chi connectivity index (χ3n) is 6.43. The summed E-state index contributed by atoms with van der Waals surface area (Å²) in [5, 5.41) is 16.6. The fourth-order valence-electron chi connectivity index (χ4n) is 4.37. The third kappa shape index (κ3) is 5.61. The van der Waals surface area contributed by atoms with Crippen LogP contribution in [-0.4, -0.2) is 51.8 Å². The van der Waals surface area contributed by atoms with Gasteiger partial charge in [-0.25, -0.2) is 0 Å². The number of aryl methyl sites for hydroxylation is 1. The number of pyridine rings is 1. The minimum atomic E-state index is -0.215. The summed E-state index contributed by atoms with van der Waals surface area (Å²) in [4.78, 5) is 19.8. The minimum Gasteiger partial charge on any atom is -0.369 e. The highest BCUT2D eigenvalue weighted by Crippen LogP contribution is 2.25. The number of aromatic nitrogens is 4. The quantitative estimate of drug-likeness (QED) is 0.426. The number of carbonyl (C=O) groups excluding carboxylic acids is 1. The summed E-state index contributed by atoms with van der Waals surface area (Å²) < 4.78 is 1.93. The number of piperazine rings is 1. The molecule has 8 nitrogen and oxygen atoms in total. The van der Waals surface area contributed by atoms with Crippen LogP contribution in [0.2, 0.25) is 0 Å². The molecule has 1 amide bonds. The van der Waals surface area contributed by atoms with Crippen molar-refractivity contribution in [3.63, 3.8) is 0 Å². The molecule has 2 aromatic heterocycles. The number of carbonyl (C=O) groups is 1. The molecular weight excluding hydrogens is 462 g/mol. The first-order valence-electron chi connectivity index (χ1n) is 11.7. The molecule has 1 aliphatic rings. The van der Waals surface area contributed by atoms with Crippen LogP contribution < -0.4 is 15.5 Å². The van der Waals surface area contributed by atoms with Gasteiger partial charge in [-0.3, -0.25) is 9.78 Å². The number of benzene rings is 2. The second-order valence-corrected chi connectivity index (χ2v) is 8.88. The Hall–Kier alpha value is -3.49. The van der Waals surface area contributed by atoms with Gasteiger partial charge in [-0.1, -0.05) is 25.1 Å². The summed E-state index contributed by atoms with van der Waals surface area (Å²) in [6, 6.07) is 16.2. The topological polar surface area (TPSA) is 88.0 Å². The van der Waals surface area contributed by atoms with Crippen LogP contribution in [0.5, 0.6) is 0 Å². The van der Waals surface area contributed by atoms with Crippen molar-refractivity contribution in [3.8, 4) is 0 Å². The van der Waals surface area contributed by atoms with Gasteiger partial charge in [0.05, 0.1) is 0 Å². The highest BCUT2D eigenvalue weighted by atomic mass is 35.5. The summed E-state index contributed by atoms with van der Waals surface area (Å²) in [7, 11) is 1.95. The average Bonchev–Trinajstić information content (AvgIpc) is 3.28. The average molecular weight is 492 g/mol. The van der Waals surface area contributed by atoms with Gasteiger partial charge >= 0.3 is 0 Å². The zero-order chi connectivity index (χ0) is 23.5. The number of fused-ring (bicyclic) bond motifs is 1. The van der Waals surface area contributed by atoms with E-state index in [1.54, 1.807) is 12.5 Å². The second-order valence-electron chi connectivity index (χ2n) is 8.88. The van der Waals surface area contributed by atoms with Crippen molar-refractivity contribution >= 4 is 40.5 Å². The molecule has 4 aromatic rings. The van der Waals surface area contributed by atoms with Crippen LogP contribution in [0.25, 0.3) is 10.8 Å². The molecule has 0 radical (unpaired) electrons. The molecule has 2 aromatic carbocycles. The van der Waals surface area contributed by atoms with Crippen molar-refractivity contribution in [2.45, 2.75) is 19.3 Å². The van der Waals surface area contributed by atoms with Crippen LogP contribution in [0.3, 0.4) is 0 Å². The lowest BCUT2D eigenvalue weighted by molar-refractivity contribution is 0.102. The Morgan fingerprint density at radius 3 is 2.71 bits per heavy atom. The molecule has 0 spiro atoms. The van der Waals surface area contributed by atoms with E-state index >= 15 is 0 Å². The van der Waals surface area contributed by atoms with Gasteiger partial charge < -0.3 is 20.1 Å². The third-order valence-corrected chi connectivity index (χ3v) is 6.43. The van der Waals surface area contributed by atoms with E-state index in [9.17, 15) is 4.79 Å². The Labute approximate surface area is 211 Å². The van der Waals surface area contributed by atoms with Gasteiger partial charge in [0.15, 0.2) is 0 Å². The fourth-order valence-corrected chi connectivity index (χ4v) is 4.37. The van der Waals surface area contributed by atoms with Crippen molar-refractivity contribution in [2.24, 2.45) is 7.05 Å². The Bertz CT molecular complexity index is 1320.